The van der Waals surface area contributed by atoms with Gasteiger partial charge < -0.3 is 77.9 Å². The molecule has 4 aliphatic rings. The number of nitrogens with zero attached hydrogens (tertiary/aromatic N) is 4. The second kappa shape index (κ2) is 61.7. The fraction of sp³-hybridized carbons (Fsp3) is 0.294. The van der Waals surface area contributed by atoms with Crippen LogP contribution in [0.2, 0.25) is 5.02 Å². The number of hydrogen-bond donors (Lipinski definition) is 4. The summed E-state index contributed by atoms with van der Waals surface area (Å²) in [5.74, 6) is 4.21. The molecule has 0 atom stereocenters. The first kappa shape index (κ1) is 121. The molecule has 3 aromatic heterocycles. The number of carbonyl (C=O) groups excluding carboxylic acids is 5. The quantitative estimate of drug-likeness (QED) is 0.0335. The van der Waals surface area contributed by atoms with E-state index in [0.717, 1.165) is 75.3 Å². The van der Waals surface area contributed by atoms with Crippen LogP contribution in [0.1, 0.15) is 170 Å². The Kier molecular flexibility index (Phi) is 51.5. The SMILES string of the molecule is BrB(Br)Br.BrB(Br)Br.COc1ccc(B(O)O)cc1.COc1ccc(N2CCCCC2)cc1.COc1ccc2c(Cl)c(C(=O)c3c(C)cc(F)cc3C)sc2c1.COc1ccc2c(Oc3ccc(N4CCCCC4)cc3)c(C(=O)c3c(C)cc(F)cc3C)sc2c1.C[C-]=O.C[C-]=O.Cc1cc(F)cc(C)c1C(=O)c1sc2cc(O)ccc2c1Oc1ccc(N2CCCCC2)cc1.Oc1ccc(N2CCCCC2)cc1.[Cu+2]. The van der Waals surface area contributed by atoms with Crippen molar-refractivity contribution in [1.29, 1.82) is 0 Å². The number of ketones is 3. The predicted octanol–water partition coefficient (Wildman–Crippen LogP) is 29.6. The maximum Gasteiger partial charge on any atom is 2.00 e. The molecule has 0 unspecified atom stereocenters. The summed E-state index contributed by atoms with van der Waals surface area (Å²) in [7, 11) is 5.07. The van der Waals surface area contributed by atoms with Gasteiger partial charge in [0.2, 0.25) is 17.3 Å². The van der Waals surface area contributed by atoms with E-state index in [0.29, 0.717) is 121 Å². The Bertz CT molecular complexity index is 6440. The third-order valence-electron chi connectivity index (χ3n) is 23.4. The van der Waals surface area contributed by atoms with Crippen LogP contribution in [0.15, 0.2) is 212 Å². The van der Waals surface area contributed by atoms with Crippen molar-refractivity contribution in [3.63, 3.8) is 0 Å². The maximum absolute atomic E-state index is 13.9. The van der Waals surface area contributed by atoms with Gasteiger partial charge in [-0.2, -0.15) is 13.8 Å². The Morgan fingerprint density at radius 1 is 0.345 bits per heavy atom. The molecule has 1 radical (unpaired) electrons. The molecular weight excluding hydrogens is 2370 g/mol. The van der Waals surface area contributed by atoms with Crippen LogP contribution < -0.4 is 53.5 Å². The summed E-state index contributed by atoms with van der Waals surface area (Å²) in [5.41, 5.74) is 10.5. The molecule has 4 fully saturated rings. The Morgan fingerprint density at radius 2 is 0.579 bits per heavy atom. The van der Waals surface area contributed by atoms with E-state index < -0.39 is 7.12 Å². The van der Waals surface area contributed by atoms with E-state index in [1.807, 2.05) is 84.9 Å². The molecule has 0 bridgehead atoms. The Morgan fingerprint density at radius 3 is 0.876 bits per heavy atom. The van der Waals surface area contributed by atoms with Crippen molar-refractivity contribution in [3.05, 3.63) is 299 Å². The van der Waals surface area contributed by atoms with E-state index in [2.05, 4.69) is 151 Å². The number of carbonyl (C=O) groups is 3. The van der Waals surface area contributed by atoms with Gasteiger partial charge in [0.05, 0.1) is 38.3 Å². The summed E-state index contributed by atoms with van der Waals surface area (Å²) in [5, 5.41) is 39.4. The second-order valence-corrected chi connectivity index (χ2v) is 49.9. The van der Waals surface area contributed by atoms with Gasteiger partial charge in [0, 0.05) is 122 Å². The number of hydrogen-bond acceptors (Lipinski definition) is 22. The van der Waals surface area contributed by atoms with E-state index in [1.165, 1.54) is 210 Å². The van der Waals surface area contributed by atoms with Crippen LogP contribution in [0, 0.1) is 59.0 Å². The third kappa shape index (κ3) is 36.4. The summed E-state index contributed by atoms with van der Waals surface area (Å²) >= 11 is 29.0. The Balaban J connectivity index is 0.000000215. The molecule has 0 aliphatic carbocycles. The molecule has 7 heterocycles. The predicted molar refractivity (Wildman–Crippen MR) is 612 cm³/mol. The molecule has 0 saturated carbocycles. The Hall–Kier alpha value is -9.16. The molecule has 18 rings (SSSR count). The van der Waals surface area contributed by atoms with Gasteiger partial charge in [0.1, 0.15) is 73.2 Å². The van der Waals surface area contributed by atoms with Crippen LogP contribution >= 0.6 is 140 Å². The number of piperidine rings is 4. The fourth-order valence-corrected chi connectivity index (χ4v) is 20.4. The molecule has 4 N–H and O–H groups in total. The number of ether oxygens (including phenoxy) is 6. The van der Waals surface area contributed by atoms with Gasteiger partial charge in [-0.15, -0.1) is 129 Å². The molecule has 19 nitrogen and oxygen atoms in total. The van der Waals surface area contributed by atoms with Crippen LogP contribution in [0.3, 0.4) is 0 Å². The van der Waals surface area contributed by atoms with Gasteiger partial charge in [-0.3, -0.25) is 27.0 Å². The van der Waals surface area contributed by atoms with Crippen molar-refractivity contribution in [1.82, 2.24) is 0 Å². The molecule has 0 amide bonds. The largest absolute Gasteiger partial charge is 2.00 e. The van der Waals surface area contributed by atoms with E-state index in [4.69, 9.17) is 64.8 Å². The molecule has 4 aliphatic heterocycles. The number of methoxy groups -OCH3 is 4. The first-order chi connectivity index (χ1) is 69.0. The van der Waals surface area contributed by atoms with Crippen LogP contribution in [-0.4, -0.2) is 144 Å². The summed E-state index contributed by atoms with van der Waals surface area (Å²) in [6, 6.07) is 62.9. The molecular formula is C109H115B3Br6ClCuF3N4O15S3. The maximum atomic E-state index is 13.9. The van der Waals surface area contributed by atoms with Gasteiger partial charge in [0.15, 0.2) is 11.5 Å². The number of anilines is 4. The number of benzene rings is 11. The zero-order valence-corrected chi connectivity index (χ0v) is 96.1. The summed E-state index contributed by atoms with van der Waals surface area (Å²) in [6.07, 6.45) is 18.4. The standard InChI is InChI=1S/C29H28FNO3S.C28H26FNO3S.C18H14ClFO2S.C12H17NO.C11H15NO.C7H9BO3.2C2H3O.2BBr3.Cu/c1-18-15-20(30)16-19(2)26(18)27(32)29-28(24-12-11-23(33-3)17-25(24)35-29)34-22-9-7-21(8-10-22)31-13-5-4-6-14-31;1-17-14-19(29)15-18(2)25(17)26(32)28-27(23-11-8-21(31)16-24(23)34-28)33-22-9-6-20(7-10-22)30-12-4-3-5-13-30;1-9-6-11(20)7-10(2)15(9)17(21)18-16(19)13-5-4-12(22-3)8-14(13)23-18;1-14-12-7-5-11(6-8-12)13-9-3-2-4-10-13;13-11-6-4-10(5-7-11)12-8-2-1-3-9-12;1-11-7-4-2-6(3-5-7)8(9)10;2*1-2-3;2*2-1(3)4;/h7-12,15-17H,4-6,13-14H2,1-3H3;6-11,14-16,31H,3-5,12-13H2,1-2H3;4-8H,1-3H3;5-8H,2-4,9-10H2,1H3;4-7,13H,1-3,8-9H2;2-5,9-10H,1H3;2*1H3;;;/q;;;;;;2*-1;;;+2. The van der Waals surface area contributed by atoms with Crippen molar-refractivity contribution < 1.29 is 103 Å². The van der Waals surface area contributed by atoms with Gasteiger partial charge in [0.25, 0.3) is 0 Å². The van der Waals surface area contributed by atoms with E-state index >= 15 is 0 Å². The van der Waals surface area contributed by atoms with Crippen molar-refractivity contribution in [3.8, 4) is 57.5 Å². The van der Waals surface area contributed by atoms with Gasteiger partial charge in [-0.25, -0.2) is 13.2 Å². The van der Waals surface area contributed by atoms with Gasteiger partial charge in [-0.05, 0) is 358 Å². The number of thiophene rings is 3. The normalized spacial score (nSPS) is 12.8. The second-order valence-electron chi connectivity index (χ2n) is 33.5. The number of phenols is 2. The average Bonchev–Trinajstić information content (AvgIpc) is 1.62. The molecule has 769 valence electrons. The van der Waals surface area contributed by atoms with E-state index in [9.17, 15) is 32.7 Å². The summed E-state index contributed by atoms with van der Waals surface area (Å²) in [6.45, 7) is 22.1. The molecule has 0 spiro atoms. The smallest absolute Gasteiger partial charge is 0.542 e. The third-order valence-corrected chi connectivity index (χ3v) is 27.4. The van der Waals surface area contributed by atoms with Crippen LogP contribution in [0.25, 0.3) is 30.3 Å². The number of aromatic hydroxyl groups is 2. The van der Waals surface area contributed by atoms with Crippen LogP contribution in [0.4, 0.5) is 35.9 Å². The fourth-order valence-electron chi connectivity index (χ4n) is 16.7. The minimum Gasteiger partial charge on any atom is -0.542 e. The number of rotatable bonds is 19. The average molecular weight is 2490 g/mol. The van der Waals surface area contributed by atoms with Crippen molar-refractivity contribution >= 4 is 242 Å². The minimum absolute atomic E-state index is 0. The molecule has 11 aromatic carbocycles. The van der Waals surface area contributed by atoms with Gasteiger partial charge >= 0.3 is 30.6 Å². The zero-order valence-electron chi connectivity index (χ0n) is 82.5. The first-order valence-corrected chi connectivity index (χ1v) is 54.9. The Labute approximate surface area is 925 Å². The van der Waals surface area contributed by atoms with Crippen LogP contribution in [0.5, 0.6) is 57.5 Å². The monoisotopic (exact) mass is 2480 g/mol. The molecule has 14 aromatic rings. The summed E-state index contributed by atoms with van der Waals surface area (Å²) < 4.78 is 77.6. The number of aryl methyl sites for hydroxylation is 6. The molecule has 36 heteroatoms. The summed E-state index contributed by atoms with van der Waals surface area (Å²) in [4.78, 5) is 68.7. The van der Waals surface area contributed by atoms with Gasteiger partial charge in [-0.1, -0.05) is 23.7 Å². The number of phenolic OH excluding ortho intramolecular Hbond substituents is 2. The topological polar surface area (TPSA) is 235 Å². The number of halogens is 10. The van der Waals surface area contributed by atoms with E-state index in [1.54, 1.807) is 125 Å². The minimum atomic E-state index is -1.40. The van der Waals surface area contributed by atoms with Crippen molar-refractivity contribution in [2.45, 2.75) is 132 Å². The van der Waals surface area contributed by atoms with Crippen molar-refractivity contribution in [2.24, 2.45) is 0 Å². The zero-order chi connectivity index (χ0) is 105. The molecule has 4 saturated heterocycles. The molecule has 145 heavy (non-hydrogen) atoms. The van der Waals surface area contributed by atoms with E-state index in [-0.39, 0.29) is 64.0 Å². The number of fused-ring (bicyclic) bond motifs is 3. The first-order valence-electron chi connectivity index (χ1n) is 46.5. The van der Waals surface area contributed by atoms with Crippen LogP contribution in [-0.2, 0) is 26.7 Å². The van der Waals surface area contributed by atoms with Crippen molar-refractivity contribution in [2.75, 3.05) is 100 Å².